The number of anilines is 2. The summed E-state index contributed by atoms with van der Waals surface area (Å²) in [6.07, 6.45) is -3.06. The highest BCUT2D eigenvalue weighted by atomic mass is 35.5. The van der Waals surface area contributed by atoms with Crippen LogP contribution in [0.4, 0.5) is 29.1 Å². The molecule has 14 heteroatoms. The van der Waals surface area contributed by atoms with Crippen molar-refractivity contribution < 1.29 is 27.2 Å². The summed E-state index contributed by atoms with van der Waals surface area (Å²) in [5, 5.41) is 5.68. The van der Waals surface area contributed by atoms with Crippen molar-refractivity contribution in [2.24, 2.45) is 11.7 Å². The van der Waals surface area contributed by atoms with Gasteiger partial charge in [-0.25, -0.2) is 14.4 Å². The number of aromatic nitrogens is 2. The summed E-state index contributed by atoms with van der Waals surface area (Å²) in [6, 6.07) is 2.07. The second kappa shape index (κ2) is 9.69. The van der Waals surface area contributed by atoms with Crippen molar-refractivity contribution in [2.45, 2.75) is 37.0 Å². The normalized spacial score (nSPS) is 25.0. The Labute approximate surface area is 208 Å². The van der Waals surface area contributed by atoms with E-state index in [1.807, 2.05) is 0 Å². The van der Waals surface area contributed by atoms with Crippen molar-refractivity contribution in [3.05, 3.63) is 46.6 Å². The SMILES string of the molecule is NC(=O)C1CCNCC1N1CCCC(Nc2cc(Cl)cc(C(F)(F)F)c2)(c2ncnc(N)c2F)C1=O. The van der Waals surface area contributed by atoms with Gasteiger partial charge < -0.3 is 27.0 Å². The number of nitrogen functional groups attached to an aromatic ring is 1. The number of alkyl halides is 3. The molecule has 1 aromatic carbocycles. The first-order chi connectivity index (χ1) is 16.9. The van der Waals surface area contributed by atoms with Crippen molar-refractivity contribution >= 4 is 34.9 Å². The Morgan fingerprint density at radius 2 is 2.03 bits per heavy atom. The minimum Gasteiger partial charge on any atom is -0.381 e. The minimum atomic E-state index is -4.72. The van der Waals surface area contributed by atoms with Crippen LogP contribution in [-0.4, -0.2) is 52.4 Å². The van der Waals surface area contributed by atoms with E-state index in [9.17, 15) is 22.8 Å². The van der Waals surface area contributed by atoms with Crippen LogP contribution in [0.3, 0.4) is 0 Å². The van der Waals surface area contributed by atoms with Gasteiger partial charge in [0.05, 0.1) is 17.5 Å². The molecular weight excluding hydrogens is 506 g/mol. The fourth-order valence-corrected chi connectivity index (χ4v) is 5.17. The molecule has 0 radical (unpaired) electrons. The number of benzene rings is 1. The number of carbonyl (C=O) groups is 2. The molecule has 36 heavy (non-hydrogen) atoms. The lowest BCUT2D eigenvalue weighted by Gasteiger charge is -2.47. The van der Waals surface area contributed by atoms with E-state index in [0.717, 1.165) is 18.5 Å². The molecule has 4 rings (SSSR count). The number of hydrogen-bond acceptors (Lipinski definition) is 7. The van der Waals surface area contributed by atoms with E-state index in [-0.39, 0.29) is 30.2 Å². The number of nitrogens with two attached hydrogens (primary N) is 2. The summed E-state index contributed by atoms with van der Waals surface area (Å²) in [4.78, 5) is 35.2. The van der Waals surface area contributed by atoms with Crippen LogP contribution in [-0.2, 0) is 21.3 Å². The van der Waals surface area contributed by atoms with Gasteiger partial charge in [-0.2, -0.15) is 13.2 Å². The predicted molar refractivity (Wildman–Crippen MR) is 123 cm³/mol. The number of nitrogens with one attached hydrogen (secondary N) is 2. The van der Waals surface area contributed by atoms with E-state index in [1.54, 1.807) is 0 Å². The summed E-state index contributed by atoms with van der Waals surface area (Å²) in [5.74, 6) is -3.52. The molecule has 6 N–H and O–H groups in total. The van der Waals surface area contributed by atoms with Crippen LogP contribution >= 0.6 is 11.6 Å². The summed E-state index contributed by atoms with van der Waals surface area (Å²) < 4.78 is 55.6. The van der Waals surface area contributed by atoms with Crippen molar-refractivity contribution in [2.75, 3.05) is 30.7 Å². The van der Waals surface area contributed by atoms with Gasteiger partial charge in [-0.3, -0.25) is 9.59 Å². The number of amides is 2. The predicted octanol–water partition coefficient (Wildman–Crippen LogP) is 2.26. The first-order valence-corrected chi connectivity index (χ1v) is 11.6. The zero-order valence-electron chi connectivity index (χ0n) is 18.9. The summed E-state index contributed by atoms with van der Waals surface area (Å²) >= 11 is 5.95. The summed E-state index contributed by atoms with van der Waals surface area (Å²) in [6.45, 7) is 1.01. The molecule has 1 aromatic heterocycles. The van der Waals surface area contributed by atoms with Crippen molar-refractivity contribution in [1.29, 1.82) is 0 Å². The highest BCUT2D eigenvalue weighted by Crippen LogP contribution is 2.41. The van der Waals surface area contributed by atoms with Crippen molar-refractivity contribution in [1.82, 2.24) is 20.2 Å². The molecule has 0 saturated carbocycles. The average molecular weight is 530 g/mol. The van der Waals surface area contributed by atoms with Gasteiger partial charge in [0, 0.05) is 23.8 Å². The zero-order chi connectivity index (χ0) is 26.3. The number of halogens is 5. The number of hydrogen-bond donors (Lipinski definition) is 4. The lowest BCUT2D eigenvalue weighted by atomic mass is 9.80. The number of primary amides is 1. The maximum Gasteiger partial charge on any atom is 0.416 e. The third-order valence-electron chi connectivity index (χ3n) is 6.60. The Balaban J connectivity index is 1.84. The van der Waals surface area contributed by atoms with Gasteiger partial charge >= 0.3 is 6.18 Å². The molecule has 3 unspecified atom stereocenters. The topological polar surface area (TPSA) is 139 Å². The van der Waals surface area contributed by atoms with Crippen LogP contribution in [0, 0.1) is 11.7 Å². The molecule has 3 atom stereocenters. The molecule has 2 saturated heterocycles. The third-order valence-corrected chi connectivity index (χ3v) is 6.81. The largest absolute Gasteiger partial charge is 0.416 e. The highest BCUT2D eigenvalue weighted by Gasteiger charge is 2.52. The molecule has 0 aliphatic carbocycles. The Kier molecular flexibility index (Phi) is 6.97. The molecule has 3 heterocycles. The highest BCUT2D eigenvalue weighted by molar-refractivity contribution is 6.31. The minimum absolute atomic E-state index is 0.0229. The van der Waals surface area contributed by atoms with Crippen LogP contribution in [0.2, 0.25) is 5.02 Å². The van der Waals surface area contributed by atoms with Crippen molar-refractivity contribution in [3.8, 4) is 0 Å². The Bertz CT molecular complexity index is 1180. The van der Waals surface area contributed by atoms with Gasteiger partial charge in [0.1, 0.15) is 12.0 Å². The van der Waals surface area contributed by atoms with E-state index < -0.39 is 58.4 Å². The Morgan fingerprint density at radius 3 is 2.72 bits per heavy atom. The average Bonchev–Trinajstić information content (AvgIpc) is 2.81. The first kappa shape index (κ1) is 25.9. The monoisotopic (exact) mass is 529 g/mol. The lowest BCUT2D eigenvalue weighted by Crippen LogP contribution is -2.64. The number of rotatable bonds is 5. The van der Waals surface area contributed by atoms with Gasteiger partial charge in [0.2, 0.25) is 5.91 Å². The van der Waals surface area contributed by atoms with Crippen molar-refractivity contribution in [3.63, 3.8) is 0 Å². The van der Waals surface area contributed by atoms with Crippen LogP contribution in [0.15, 0.2) is 24.5 Å². The molecule has 194 valence electrons. The quantitative estimate of drug-likeness (QED) is 0.436. The van der Waals surface area contributed by atoms with Crippen LogP contribution in [0.25, 0.3) is 0 Å². The molecule has 2 aliphatic heterocycles. The Hall–Kier alpha value is -3.19. The second-order valence-corrected chi connectivity index (χ2v) is 9.29. The van der Waals surface area contributed by atoms with Crippen LogP contribution in [0.5, 0.6) is 0 Å². The van der Waals surface area contributed by atoms with E-state index in [2.05, 4.69) is 20.6 Å². The maximum atomic E-state index is 15.3. The number of likely N-dealkylation sites (tertiary alicyclic amines) is 1. The number of piperidine rings is 2. The molecular formula is C22H24ClF4N7O2. The van der Waals surface area contributed by atoms with Gasteiger partial charge in [0.25, 0.3) is 5.91 Å². The molecule has 0 bridgehead atoms. The fraction of sp³-hybridized carbons (Fsp3) is 0.455. The smallest absolute Gasteiger partial charge is 0.381 e. The molecule has 0 spiro atoms. The Morgan fingerprint density at radius 1 is 1.28 bits per heavy atom. The van der Waals surface area contributed by atoms with Crippen LogP contribution < -0.4 is 22.1 Å². The lowest BCUT2D eigenvalue weighted by molar-refractivity contribution is -0.145. The third kappa shape index (κ3) is 4.76. The van der Waals surface area contributed by atoms with Gasteiger partial charge in [-0.15, -0.1) is 0 Å². The first-order valence-electron chi connectivity index (χ1n) is 11.2. The summed E-state index contributed by atoms with van der Waals surface area (Å²) in [5.41, 5.74) is 7.64. The number of nitrogens with zero attached hydrogens (tertiary/aromatic N) is 3. The zero-order valence-corrected chi connectivity index (χ0v) is 19.7. The standard InChI is InChI=1S/C22H24ClF4N7O2/c23-12-6-11(22(25,26)27)7-13(8-12)33-21(17-16(24)18(28)32-10-31-17)3-1-5-34(20(21)36)15-9-30-4-2-14(15)19(29)35/h6-8,10,14-15,30,33H,1-5,9H2,(H2,29,35)(H2,28,31,32). The van der Waals surface area contributed by atoms with E-state index in [4.69, 9.17) is 23.1 Å². The summed E-state index contributed by atoms with van der Waals surface area (Å²) in [7, 11) is 0. The maximum absolute atomic E-state index is 15.3. The molecule has 2 aromatic rings. The van der Waals surface area contributed by atoms with E-state index >= 15 is 4.39 Å². The molecule has 9 nitrogen and oxygen atoms in total. The molecule has 2 fully saturated rings. The van der Waals surface area contributed by atoms with Gasteiger partial charge in [-0.1, -0.05) is 11.6 Å². The van der Waals surface area contributed by atoms with Crippen LogP contribution in [0.1, 0.15) is 30.5 Å². The molecule has 2 amide bonds. The number of carbonyl (C=O) groups excluding carboxylic acids is 2. The van der Waals surface area contributed by atoms with E-state index in [1.165, 1.54) is 11.0 Å². The van der Waals surface area contributed by atoms with Gasteiger partial charge in [0.15, 0.2) is 17.2 Å². The van der Waals surface area contributed by atoms with Gasteiger partial charge in [-0.05, 0) is 44.0 Å². The second-order valence-electron chi connectivity index (χ2n) is 8.85. The van der Waals surface area contributed by atoms with E-state index in [0.29, 0.717) is 19.4 Å². The fourth-order valence-electron chi connectivity index (χ4n) is 4.93. The molecule has 2 aliphatic rings.